The van der Waals surface area contributed by atoms with E-state index in [4.69, 9.17) is 56.8 Å². The van der Waals surface area contributed by atoms with E-state index in [0.29, 0.717) is 34.5 Å². The van der Waals surface area contributed by atoms with Crippen molar-refractivity contribution >= 4 is 70.6 Å². The second-order valence-electron chi connectivity index (χ2n) is 22.2. The van der Waals surface area contributed by atoms with Gasteiger partial charge in [0.25, 0.3) is 0 Å². The van der Waals surface area contributed by atoms with Crippen LogP contribution >= 0.6 is 70.6 Å². The summed E-state index contributed by atoms with van der Waals surface area (Å²) in [5, 5.41) is 144. The highest BCUT2D eigenvalue weighted by Gasteiger charge is 2.59. The molecular weight excluding hydrogens is 1220 g/mol. The second kappa shape index (κ2) is 36.0. The Hall–Kier alpha value is 1.14. The summed E-state index contributed by atoms with van der Waals surface area (Å²) in [6, 6.07) is 0. The Balaban J connectivity index is 1.27. The van der Waals surface area contributed by atoms with Crippen LogP contribution in [-0.4, -0.2) is 315 Å². The van der Waals surface area contributed by atoms with Crippen LogP contribution in [0.4, 0.5) is 0 Å². The van der Waals surface area contributed by atoms with E-state index >= 15 is 0 Å². The Morgan fingerprint density at radius 3 is 0.452 bits per heavy atom. The van der Waals surface area contributed by atoms with Gasteiger partial charge in [0.1, 0.15) is 110 Å². The third-order valence-corrected chi connectivity index (χ3v) is 22.9. The quantitative estimate of drug-likeness (QED) is 0.0559. The van der Waals surface area contributed by atoms with Crippen molar-refractivity contribution in [1.29, 1.82) is 0 Å². The third kappa shape index (κ3) is 18.3. The van der Waals surface area contributed by atoms with Crippen LogP contribution in [0, 0.1) is 0 Å². The molecule has 24 nitrogen and oxygen atoms in total. The standard InChI is InChI=1S/C54H96O24S6/c1-7-13-79-19-25-43-31(55)37(61)49(67-25)74-44-26(20-80-14-8-2)69-51(39(63)33(44)57)76-46-28(22-82-16-10-4)71-53(41(65)35(46)59)78-48-30(24-84-18-12-6)72-54(42(66)36(48)60)77-47-29(23-83-17-11-5)70-52(40(64)34(47)58)75-45-27(21-81-15-9-3)68-50(73-43)38(62)32(45)56/h25-66H,7-24H2,1-6H3/t25-,26-,27-,28-,29-,30-,31+,32+,33+,34+,35+,36+,37+,38+,39+,40+,41+,42+,43+,44+,45+,46+,47+,48+,49-,50-,51-,52-,53-,54-/m0/s1. The molecule has 0 aromatic carbocycles. The topological polar surface area (TPSA) is 354 Å². The van der Waals surface area contributed by atoms with Gasteiger partial charge in [-0.2, -0.15) is 70.6 Å². The Morgan fingerprint density at radius 2 is 0.333 bits per heavy atom. The van der Waals surface area contributed by atoms with Crippen LogP contribution in [0.5, 0.6) is 0 Å². The third-order valence-electron chi connectivity index (χ3n) is 15.4. The van der Waals surface area contributed by atoms with Gasteiger partial charge in [-0.1, -0.05) is 41.5 Å². The van der Waals surface area contributed by atoms with Gasteiger partial charge in [0, 0.05) is 34.5 Å². The summed E-state index contributed by atoms with van der Waals surface area (Å²) in [6.45, 7) is 11.9. The number of hydrogen-bond donors (Lipinski definition) is 12. The molecule has 0 unspecified atom stereocenters. The number of aliphatic hydroxyl groups excluding tert-OH is 12. The molecule has 12 N–H and O–H groups in total. The average molecular weight is 1320 g/mol. The van der Waals surface area contributed by atoms with Crippen LogP contribution in [0.25, 0.3) is 0 Å². The molecular formula is C54H96O24S6. The van der Waals surface area contributed by atoms with Crippen LogP contribution in [0.1, 0.15) is 80.1 Å². The SMILES string of the molecule is CCCSC[C@@H]1O[C@H]2O[C@H]3[C@H](O)[C@@H](O)[C@H](O[C@H]4[C@H](O)[C@@H](O)[C@H](O[C@H]5[C@H](O)[C@@H](O)[C@H](O[C@H]6[C@H](O)[C@@H](O)[C@H](O[C@H]7[C@H](O)[C@@H](O)[C@H](O[C@H]1[C@H](O)[C@H]2O)O[C@H]7CSCCC)O[C@H]6CSCCC)O[C@H]5CSCCC)O[C@H]4CSCCC)O[C@H]3CSCCC. The molecule has 22 fully saturated rings. The molecule has 30 heteroatoms. The maximum Gasteiger partial charge on any atom is 0.187 e. The number of rotatable bonds is 24. The average Bonchev–Trinajstić information content (AvgIpc) is 3.59. The van der Waals surface area contributed by atoms with Gasteiger partial charge >= 0.3 is 0 Å². The Kier molecular flexibility index (Phi) is 31.1. The lowest BCUT2D eigenvalue weighted by Crippen LogP contribution is -2.69. The number of thioether (sulfide) groups is 6. The highest BCUT2D eigenvalue weighted by molar-refractivity contribution is 8.00. The second-order valence-corrected chi connectivity index (χ2v) is 29.1. The van der Waals surface area contributed by atoms with Gasteiger partial charge in [-0.05, 0) is 73.0 Å². The fourth-order valence-corrected chi connectivity index (χ4v) is 16.6. The number of aliphatic hydroxyl groups is 12. The zero-order valence-electron chi connectivity index (χ0n) is 48.8. The normalized spacial score (nSPS) is 46.1. The fourth-order valence-electron chi connectivity index (χ4n) is 10.9. The van der Waals surface area contributed by atoms with Gasteiger partial charge in [0.05, 0.1) is 36.6 Å². The van der Waals surface area contributed by atoms with Crippen molar-refractivity contribution in [2.75, 3.05) is 69.0 Å². The van der Waals surface area contributed by atoms with Crippen LogP contribution in [0.3, 0.4) is 0 Å². The van der Waals surface area contributed by atoms with Gasteiger partial charge in [-0.25, -0.2) is 0 Å². The van der Waals surface area contributed by atoms with Gasteiger partial charge < -0.3 is 118 Å². The molecule has 22 aliphatic rings. The van der Waals surface area contributed by atoms with E-state index in [1.54, 1.807) is 0 Å². The lowest BCUT2D eigenvalue weighted by atomic mass is 9.95. The first-order chi connectivity index (χ1) is 40.4. The summed E-state index contributed by atoms with van der Waals surface area (Å²) in [4.78, 5) is 0. The minimum Gasteiger partial charge on any atom is -0.387 e. The summed E-state index contributed by atoms with van der Waals surface area (Å²) in [7, 11) is 0. The zero-order valence-corrected chi connectivity index (χ0v) is 53.7. The lowest BCUT2D eigenvalue weighted by molar-refractivity contribution is -0.396. The summed E-state index contributed by atoms with van der Waals surface area (Å²) in [5.41, 5.74) is 0. The molecule has 22 rings (SSSR count). The van der Waals surface area contributed by atoms with Crippen molar-refractivity contribution in [3.8, 4) is 0 Å². The van der Waals surface area contributed by atoms with E-state index in [2.05, 4.69) is 0 Å². The maximum absolute atomic E-state index is 12.1. The first-order valence-electron chi connectivity index (χ1n) is 29.9. The van der Waals surface area contributed by atoms with Crippen LogP contribution in [0.15, 0.2) is 0 Å². The summed E-state index contributed by atoms with van der Waals surface area (Å²) in [5.74, 6) is 4.95. The van der Waals surface area contributed by atoms with Crippen LogP contribution in [-0.2, 0) is 56.8 Å². The molecule has 0 spiro atoms. The predicted octanol–water partition coefficient (Wildman–Crippen LogP) is -0.149. The first kappa shape index (κ1) is 72.6. The molecule has 30 atom stereocenters. The first-order valence-corrected chi connectivity index (χ1v) is 36.8. The minimum atomic E-state index is -1.88. The van der Waals surface area contributed by atoms with E-state index in [9.17, 15) is 61.3 Å². The molecule has 12 bridgehead atoms. The molecule has 0 radical (unpaired) electrons. The molecule has 0 aromatic heterocycles. The summed E-state index contributed by atoms with van der Waals surface area (Å²) < 4.78 is 77.0. The number of hydrogen-bond acceptors (Lipinski definition) is 30. The van der Waals surface area contributed by atoms with Crippen molar-refractivity contribution in [3.05, 3.63) is 0 Å². The van der Waals surface area contributed by atoms with Crippen molar-refractivity contribution in [2.24, 2.45) is 0 Å². The summed E-state index contributed by atoms with van der Waals surface area (Å²) >= 11 is 8.71. The van der Waals surface area contributed by atoms with Gasteiger partial charge in [0.15, 0.2) is 37.7 Å². The molecule has 22 heterocycles. The monoisotopic (exact) mass is 1320 g/mol. The smallest absolute Gasteiger partial charge is 0.187 e. The van der Waals surface area contributed by atoms with Crippen molar-refractivity contribution in [1.82, 2.24) is 0 Å². The van der Waals surface area contributed by atoms with Gasteiger partial charge in [-0.15, -0.1) is 0 Å². The number of ether oxygens (including phenoxy) is 12. The largest absolute Gasteiger partial charge is 0.387 e. The van der Waals surface area contributed by atoms with Crippen molar-refractivity contribution < 1.29 is 118 Å². The van der Waals surface area contributed by atoms with Crippen LogP contribution < -0.4 is 0 Å². The van der Waals surface area contributed by atoms with E-state index in [1.165, 1.54) is 70.6 Å². The van der Waals surface area contributed by atoms with E-state index in [-0.39, 0.29) is 34.5 Å². The Bertz CT molecular complexity index is 1530. The zero-order chi connectivity index (χ0) is 60.8. The maximum atomic E-state index is 12.1. The predicted molar refractivity (Wildman–Crippen MR) is 319 cm³/mol. The highest BCUT2D eigenvalue weighted by atomic mass is 32.2. The van der Waals surface area contributed by atoms with Crippen molar-refractivity contribution in [3.63, 3.8) is 0 Å². The van der Waals surface area contributed by atoms with Gasteiger partial charge in [-0.3, -0.25) is 0 Å². The highest BCUT2D eigenvalue weighted by Crippen LogP contribution is 2.40. The molecule has 0 aliphatic carbocycles. The van der Waals surface area contributed by atoms with Crippen molar-refractivity contribution in [2.45, 2.75) is 264 Å². The molecule has 0 aromatic rings. The minimum absolute atomic E-state index is 0.168. The Labute approximate surface area is 519 Å². The molecule has 84 heavy (non-hydrogen) atoms. The van der Waals surface area contributed by atoms with E-state index in [0.717, 1.165) is 38.5 Å². The Morgan fingerprint density at radius 1 is 0.202 bits per heavy atom. The van der Waals surface area contributed by atoms with Gasteiger partial charge in [0.2, 0.25) is 0 Å². The van der Waals surface area contributed by atoms with E-state index < -0.39 is 184 Å². The van der Waals surface area contributed by atoms with Crippen LogP contribution in [0.2, 0.25) is 0 Å². The molecule has 0 amide bonds. The molecule has 0 saturated carbocycles. The summed E-state index contributed by atoms with van der Waals surface area (Å²) in [6.07, 6.45) is -42.3. The molecule has 22 aliphatic heterocycles. The molecule has 492 valence electrons. The lowest BCUT2D eigenvalue weighted by Gasteiger charge is -2.51. The van der Waals surface area contributed by atoms with E-state index in [1.807, 2.05) is 41.5 Å². The molecule has 22 saturated heterocycles. The fraction of sp³-hybridized carbons (Fsp3) is 1.00.